The lowest BCUT2D eigenvalue weighted by molar-refractivity contribution is 0.0432. The Morgan fingerprint density at radius 1 is 1.39 bits per heavy atom. The van der Waals surface area contributed by atoms with Crippen LogP contribution in [-0.2, 0) is 0 Å². The van der Waals surface area contributed by atoms with E-state index in [1.807, 2.05) is 0 Å². The number of para-hydroxylation sites is 1. The molecule has 0 radical (unpaired) electrons. The molecule has 23 heavy (non-hydrogen) atoms. The van der Waals surface area contributed by atoms with Gasteiger partial charge in [0.2, 0.25) is 0 Å². The van der Waals surface area contributed by atoms with Gasteiger partial charge in [0.1, 0.15) is 0 Å². The molecule has 1 amide bonds. The molecular weight excluding hydrogens is 297 g/mol. The van der Waals surface area contributed by atoms with E-state index in [0.717, 1.165) is 0 Å². The van der Waals surface area contributed by atoms with Crippen LogP contribution in [0.1, 0.15) is 29.0 Å². The molecule has 1 heterocycles. The number of carbonyl (C=O) groups is 1. The molecule has 0 fully saturated rings. The van der Waals surface area contributed by atoms with E-state index in [1.165, 1.54) is 6.07 Å². The van der Waals surface area contributed by atoms with Gasteiger partial charge in [-0.3, -0.25) is 4.79 Å². The van der Waals surface area contributed by atoms with E-state index in [-0.39, 0.29) is 17.9 Å². The van der Waals surface area contributed by atoms with Crippen molar-refractivity contribution in [2.75, 3.05) is 6.54 Å². The van der Waals surface area contributed by atoms with E-state index in [9.17, 15) is 14.3 Å². The Balaban J connectivity index is 2.21. The zero-order chi connectivity index (χ0) is 17.0. The third-order valence-corrected chi connectivity index (χ3v) is 3.75. The molecule has 122 valence electrons. The summed E-state index contributed by atoms with van der Waals surface area (Å²) in [6.45, 7) is 8.91. The summed E-state index contributed by atoms with van der Waals surface area (Å²) in [6, 6.07) is 4.54. The number of fused-ring (bicyclic) bond motifs is 1. The molecule has 5 heteroatoms. The van der Waals surface area contributed by atoms with Crippen LogP contribution in [0.5, 0.6) is 0 Å². The summed E-state index contributed by atoms with van der Waals surface area (Å²) in [5.74, 6) is -0.964. The van der Waals surface area contributed by atoms with Crippen LogP contribution in [0.4, 0.5) is 4.39 Å². The minimum Gasteiger partial charge on any atom is -0.448 e. The van der Waals surface area contributed by atoms with Crippen molar-refractivity contribution in [2.24, 2.45) is 0 Å². The molecule has 0 bridgehead atoms. The van der Waals surface area contributed by atoms with Gasteiger partial charge in [-0.15, -0.1) is 13.2 Å². The minimum absolute atomic E-state index is 0.0167. The van der Waals surface area contributed by atoms with Crippen LogP contribution in [-0.4, -0.2) is 23.2 Å². The van der Waals surface area contributed by atoms with Crippen LogP contribution >= 0.6 is 0 Å². The minimum atomic E-state index is -1.15. The number of nitrogens with one attached hydrogen (secondary N) is 1. The molecule has 2 N–H and O–H groups in total. The van der Waals surface area contributed by atoms with Crippen molar-refractivity contribution in [3.05, 3.63) is 60.6 Å². The summed E-state index contributed by atoms with van der Waals surface area (Å²) in [4.78, 5) is 12.3. The maximum absolute atomic E-state index is 13.7. The first kappa shape index (κ1) is 17.0. The van der Waals surface area contributed by atoms with Crippen molar-refractivity contribution < 1.29 is 18.7 Å². The van der Waals surface area contributed by atoms with Crippen molar-refractivity contribution >= 4 is 16.9 Å². The molecule has 0 aliphatic heterocycles. The Morgan fingerprint density at radius 3 is 2.61 bits per heavy atom. The fourth-order valence-corrected chi connectivity index (χ4v) is 2.52. The molecule has 1 aromatic carbocycles. The van der Waals surface area contributed by atoms with Gasteiger partial charge in [0.05, 0.1) is 5.60 Å². The van der Waals surface area contributed by atoms with Crippen molar-refractivity contribution in [3.63, 3.8) is 0 Å². The van der Waals surface area contributed by atoms with E-state index in [1.54, 1.807) is 31.2 Å². The Morgan fingerprint density at radius 2 is 2.04 bits per heavy atom. The average molecular weight is 317 g/mol. The fourth-order valence-electron chi connectivity index (χ4n) is 2.52. The Labute approximate surface area is 134 Å². The molecule has 2 aromatic rings. The topological polar surface area (TPSA) is 62.5 Å². The van der Waals surface area contributed by atoms with E-state index in [4.69, 9.17) is 4.42 Å². The van der Waals surface area contributed by atoms with Crippen LogP contribution in [0, 0.1) is 12.7 Å². The standard InChI is InChI=1S/C18H20FNO3/c1-4-9-18(22,10-5-2)11-20-17(21)15-12(3)13-7-6-8-14(19)16(13)23-15/h4-8,22H,1-2,9-11H2,3H3,(H,20,21). The number of amides is 1. The van der Waals surface area contributed by atoms with Gasteiger partial charge in [-0.05, 0) is 25.8 Å². The van der Waals surface area contributed by atoms with Gasteiger partial charge in [-0.1, -0.05) is 24.3 Å². The first-order valence-corrected chi connectivity index (χ1v) is 7.32. The second-order valence-corrected chi connectivity index (χ2v) is 5.57. The van der Waals surface area contributed by atoms with Crippen molar-refractivity contribution in [3.8, 4) is 0 Å². The summed E-state index contributed by atoms with van der Waals surface area (Å²) in [6.07, 6.45) is 3.79. The number of furan rings is 1. The van der Waals surface area contributed by atoms with E-state index < -0.39 is 17.3 Å². The molecule has 0 aliphatic rings. The number of halogens is 1. The highest BCUT2D eigenvalue weighted by Gasteiger charge is 2.26. The second kappa shape index (κ2) is 6.79. The number of carbonyl (C=O) groups excluding carboxylic acids is 1. The predicted molar refractivity (Wildman–Crippen MR) is 87.8 cm³/mol. The SMILES string of the molecule is C=CCC(O)(CC=C)CNC(=O)c1oc2c(F)cccc2c1C. The van der Waals surface area contributed by atoms with E-state index >= 15 is 0 Å². The second-order valence-electron chi connectivity index (χ2n) is 5.57. The molecular formula is C18H20FNO3. The summed E-state index contributed by atoms with van der Waals surface area (Å²) < 4.78 is 19.1. The Kier molecular flexibility index (Phi) is 5.01. The van der Waals surface area contributed by atoms with Gasteiger partial charge in [0, 0.05) is 17.5 Å². The highest BCUT2D eigenvalue weighted by Crippen LogP contribution is 2.27. The highest BCUT2D eigenvalue weighted by molar-refractivity contribution is 5.99. The molecule has 4 nitrogen and oxygen atoms in total. The van der Waals surface area contributed by atoms with Crippen LogP contribution in [0.2, 0.25) is 0 Å². The number of hydrogen-bond donors (Lipinski definition) is 2. The zero-order valence-electron chi connectivity index (χ0n) is 13.1. The number of hydrogen-bond acceptors (Lipinski definition) is 3. The third kappa shape index (κ3) is 3.51. The lowest BCUT2D eigenvalue weighted by atomic mass is 9.95. The molecule has 0 saturated heterocycles. The molecule has 0 saturated carbocycles. The number of benzene rings is 1. The maximum atomic E-state index is 13.7. The first-order valence-electron chi connectivity index (χ1n) is 7.32. The number of rotatable bonds is 7. The van der Waals surface area contributed by atoms with Crippen LogP contribution < -0.4 is 5.32 Å². The average Bonchev–Trinajstić information content (AvgIpc) is 2.85. The van der Waals surface area contributed by atoms with Crippen molar-refractivity contribution in [1.29, 1.82) is 0 Å². The van der Waals surface area contributed by atoms with Gasteiger partial charge in [0.15, 0.2) is 17.2 Å². The van der Waals surface area contributed by atoms with Gasteiger partial charge in [0.25, 0.3) is 5.91 Å². The predicted octanol–water partition coefficient (Wildman–Crippen LogP) is 3.49. The lowest BCUT2D eigenvalue weighted by Gasteiger charge is -2.25. The molecule has 0 unspecified atom stereocenters. The third-order valence-electron chi connectivity index (χ3n) is 3.75. The molecule has 2 rings (SSSR count). The maximum Gasteiger partial charge on any atom is 0.287 e. The zero-order valence-corrected chi connectivity index (χ0v) is 13.1. The monoisotopic (exact) mass is 317 g/mol. The van der Waals surface area contributed by atoms with Gasteiger partial charge >= 0.3 is 0 Å². The summed E-state index contributed by atoms with van der Waals surface area (Å²) >= 11 is 0. The Bertz CT molecular complexity index is 738. The van der Waals surface area contributed by atoms with E-state index in [2.05, 4.69) is 18.5 Å². The summed E-state index contributed by atoms with van der Waals surface area (Å²) in [5, 5.41) is 13.6. The first-order chi connectivity index (χ1) is 10.9. The van der Waals surface area contributed by atoms with Gasteiger partial charge in [-0.2, -0.15) is 0 Å². The number of aliphatic hydroxyl groups is 1. The number of aryl methyl sites for hydroxylation is 1. The van der Waals surface area contributed by atoms with Crippen LogP contribution in [0.15, 0.2) is 47.9 Å². The molecule has 1 aromatic heterocycles. The fraction of sp³-hybridized carbons (Fsp3) is 0.278. The molecule has 0 spiro atoms. The highest BCUT2D eigenvalue weighted by atomic mass is 19.1. The van der Waals surface area contributed by atoms with E-state index in [0.29, 0.717) is 23.8 Å². The molecule has 0 aliphatic carbocycles. The van der Waals surface area contributed by atoms with Crippen LogP contribution in [0.3, 0.4) is 0 Å². The van der Waals surface area contributed by atoms with Gasteiger partial charge < -0.3 is 14.8 Å². The largest absolute Gasteiger partial charge is 0.448 e. The van der Waals surface area contributed by atoms with Crippen LogP contribution in [0.25, 0.3) is 11.0 Å². The lowest BCUT2D eigenvalue weighted by Crippen LogP contribution is -2.42. The summed E-state index contributed by atoms with van der Waals surface area (Å²) in [7, 11) is 0. The normalized spacial score (nSPS) is 11.4. The smallest absolute Gasteiger partial charge is 0.287 e. The Hall–Kier alpha value is -2.40. The molecule has 0 atom stereocenters. The van der Waals surface area contributed by atoms with Gasteiger partial charge in [-0.25, -0.2) is 4.39 Å². The van der Waals surface area contributed by atoms with Crippen molar-refractivity contribution in [1.82, 2.24) is 5.32 Å². The van der Waals surface area contributed by atoms with Crippen molar-refractivity contribution in [2.45, 2.75) is 25.4 Å². The quantitative estimate of drug-likeness (QED) is 0.768. The summed E-state index contributed by atoms with van der Waals surface area (Å²) in [5.41, 5.74) is -0.528.